The average molecular weight is 515 g/mol. The van der Waals surface area contributed by atoms with E-state index < -0.39 is 11.9 Å². The van der Waals surface area contributed by atoms with Crippen molar-refractivity contribution in [3.63, 3.8) is 0 Å². The van der Waals surface area contributed by atoms with Gasteiger partial charge in [-0.05, 0) is 25.0 Å². The zero-order valence-corrected chi connectivity index (χ0v) is 23.0. The van der Waals surface area contributed by atoms with Gasteiger partial charge >= 0.3 is 11.9 Å². The molecule has 0 saturated carbocycles. The standard InChI is InChI=1S/C16H22O4.C6H14O4.C6H14/c1-3-5-11-19-15(17)13-9-7-8-10-14(13)16(18)20-12-6-4-2;7-1-3-9-5-6-10-4-2-8;1-3-5-6-4-2/h7-10H,3-6,11-12H2,1-2H3;7-8H,1-6H2;3-6H2,1-2H3. The second kappa shape index (κ2) is 29.2. The van der Waals surface area contributed by atoms with Crippen LogP contribution in [-0.2, 0) is 18.9 Å². The van der Waals surface area contributed by atoms with Crippen molar-refractivity contribution in [3.05, 3.63) is 35.4 Å². The molecule has 0 aliphatic carbocycles. The second-order valence-electron chi connectivity index (χ2n) is 7.90. The van der Waals surface area contributed by atoms with E-state index in [0.29, 0.717) is 39.6 Å². The molecule has 1 rings (SSSR count). The lowest BCUT2D eigenvalue weighted by Gasteiger charge is -2.09. The Hall–Kier alpha value is -2.00. The van der Waals surface area contributed by atoms with E-state index in [1.165, 1.54) is 25.7 Å². The molecule has 0 aliphatic rings. The minimum absolute atomic E-state index is 0.0417. The van der Waals surface area contributed by atoms with Crippen molar-refractivity contribution in [2.24, 2.45) is 0 Å². The lowest BCUT2D eigenvalue weighted by Crippen LogP contribution is -2.14. The van der Waals surface area contributed by atoms with Gasteiger partial charge in [-0.3, -0.25) is 0 Å². The number of aliphatic hydroxyl groups excluding tert-OH is 2. The fourth-order valence-corrected chi connectivity index (χ4v) is 2.56. The molecular weight excluding hydrogens is 464 g/mol. The summed E-state index contributed by atoms with van der Waals surface area (Å²) in [7, 11) is 0. The molecule has 1 aromatic rings. The molecule has 0 fully saturated rings. The van der Waals surface area contributed by atoms with Gasteiger partial charge in [-0.15, -0.1) is 0 Å². The van der Waals surface area contributed by atoms with Crippen LogP contribution in [0.25, 0.3) is 0 Å². The highest BCUT2D eigenvalue weighted by Gasteiger charge is 2.18. The first-order valence-corrected chi connectivity index (χ1v) is 13.3. The predicted octanol–water partition coefficient (Wildman–Crippen LogP) is 5.19. The zero-order chi connectivity index (χ0) is 27.3. The molecule has 0 unspecified atom stereocenters. The number of carbonyl (C=O) groups is 2. The summed E-state index contributed by atoms with van der Waals surface area (Å²) < 4.78 is 20.0. The Balaban J connectivity index is 0. The quantitative estimate of drug-likeness (QED) is 0.203. The molecule has 2 N–H and O–H groups in total. The third-order valence-corrected chi connectivity index (χ3v) is 4.63. The normalized spacial score (nSPS) is 9.94. The lowest BCUT2D eigenvalue weighted by atomic mass is 10.1. The van der Waals surface area contributed by atoms with Crippen molar-refractivity contribution >= 4 is 11.9 Å². The van der Waals surface area contributed by atoms with E-state index in [-0.39, 0.29) is 24.3 Å². The van der Waals surface area contributed by atoms with Gasteiger partial charge in [0.2, 0.25) is 0 Å². The molecule has 0 amide bonds. The van der Waals surface area contributed by atoms with Crippen LogP contribution in [0, 0.1) is 0 Å². The summed E-state index contributed by atoms with van der Waals surface area (Å²) in [6.45, 7) is 11.0. The third kappa shape index (κ3) is 22.5. The largest absolute Gasteiger partial charge is 0.462 e. The molecule has 0 heterocycles. The van der Waals surface area contributed by atoms with Gasteiger partial charge in [0.05, 0.1) is 64.0 Å². The Labute approximate surface area is 218 Å². The van der Waals surface area contributed by atoms with Crippen LogP contribution in [-0.4, -0.2) is 75.0 Å². The van der Waals surface area contributed by atoms with Crippen molar-refractivity contribution in [2.75, 3.05) is 52.9 Å². The number of hydrogen-bond acceptors (Lipinski definition) is 8. The van der Waals surface area contributed by atoms with Crippen LogP contribution in [0.1, 0.15) is 99.8 Å². The van der Waals surface area contributed by atoms with Gasteiger partial charge < -0.3 is 29.2 Å². The molecule has 0 spiro atoms. The molecule has 0 bridgehead atoms. The fourth-order valence-electron chi connectivity index (χ4n) is 2.56. The monoisotopic (exact) mass is 514 g/mol. The van der Waals surface area contributed by atoms with Crippen LogP contribution in [0.5, 0.6) is 0 Å². The maximum atomic E-state index is 11.9. The Morgan fingerprint density at radius 1 is 0.583 bits per heavy atom. The zero-order valence-electron chi connectivity index (χ0n) is 23.0. The molecule has 210 valence electrons. The summed E-state index contributed by atoms with van der Waals surface area (Å²) in [6, 6.07) is 6.59. The summed E-state index contributed by atoms with van der Waals surface area (Å²) in [6.07, 6.45) is 9.07. The van der Waals surface area contributed by atoms with Gasteiger partial charge in [0.1, 0.15) is 0 Å². The highest BCUT2D eigenvalue weighted by Crippen LogP contribution is 2.12. The number of unbranched alkanes of at least 4 members (excludes halogenated alkanes) is 5. The Morgan fingerprint density at radius 2 is 0.944 bits per heavy atom. The number of benzene rings is 1. The molecule has 8 heteroatoms. The molecule has 1 aromatic carbocycles. The number of carbonyl (C=O) groups excluding carboxylic acids is 2. The maximum Gasteiger partial charge on any atom is 0.339 e. The Morgan fingerprint density at radius 3 is 1.25 bits per heavy atom. The van der Waals surface area contributed by atoms with Crippen LogP contribution in [0.2, 0.25) is 0 Å². The van der Waals surface area contributed by atoms with E-state index >= 15 is 0 Å². The van der Waals surface area contributed by atoms with Crippen LogP contribution >= 0.6 is 0 Å². The number of esters is 2. The number of rotatable bonds is 18. The van der Waals surface area contributed by atoms with Crippen molar-refractivity contribution in [2.45, 2.75) is 79.1 Å². The first-order chi connectivity index (χ1) is 17.5. The maximum absolute atomic E-state index is 11.9. The second-order valence-corrected chi connectivity index (χ2v) is 7.90. The molecule has 0 atom stereocenters. The first-order valence-electron chi connectivity index (χ1n) is 13.3. The van der Waals surface area contributed by atoms with Crippen LogP contribution in [0.3, 0.4) is 0 Å². The summed E-state index contributed by atoms with van der Waals surface area (Å²) in [5.41, 5.74) is 0.537. The third-order valence-electron chi connectivity index (χ3n) is 4.63. The number of aliphatic hydroxyl groups is 2. The molecule has 0 aliphatic heterocycles. The Kier molecular flexibility index (Phi) is 29.4. The average Bonchev–Trinajstić information content (AvgIpc) is 2.90. The van der Waals surface area contributed by atoms with Gasteiger partial charge in [-0.25, -0.2) is 9.59 Å². The summed E-state index contributed by atoms with van der Waals surface area (Å²) in [5.74, 6) is -0.942. The minimum Gasteiger partial charge on any atom is -0.462 e. The van der Waals surface area contributed by atoms with Gasteiger partial charge in [0.25, 0.3) is 0 Å². The smallest absolute Gasteiger partial charge is 0.339 e. The molecule has 0 radical (unpaired) electrons. The van der Waals surface area contributed by atoms with Gasteiger partial charge in [0.15, 0.2) is 0 Å². The number of hydrogen-bond donors (Lipinski definition) is 2. The highest BCUT2D eigenvalue weighted by molar-refractivity contribution is 6.03. The SMILES string of the molecule is CCCCCC.CCCCOC(=O)c1ccccc1C(=O)OCCCC.OCCOCCOCCO. The summed E-state index contributed by atoms with van der Waals surface area (Å²) >= 11 is 0. The molecule has 8 nitrogen and oxygen atoms in total. The van der Waals surface area contributed by atoms with E-state index in [9.17, 15) is 9.59 Å². The van der Waals surface area contributed by atoms with Crippen molar-refractivity contribution in [1.29, 1.82) is 0 Å². The topological polar surface area (TPSA) is 112 Å². The summed E-state index contributed by atoms with van der Waals surface area (Å²) in [4.78, 5) is 23.9. The van der Waals surface area contributed by atoms with Gasteiger partial charge in [-0.1, -0.05) is 78.4 Å². The number of ether oxygens (including phenoxy) is 4. The van der Waals surface area contributed by atoms with E-state index in [2.05, 4.69) is 13.8 Å². The van der Waals surface area contributed by atoms with E-state index in [1.54, 1.807) is 24.3 Å². The lowest BCUT2D eigenvalue weighted by molar-refractivity contribution is 0.0222. The first kappa shape index (κ1) is 36.2. The van der Waals surface area contributed by atoms with E-state index in [0.717, 1.165) is 25.7 Å². The van der Waals surface area contributed by atoms with Crippen molar-refractivity contribution in [3.8, 4) is 0 Å². The minimum atomic E-state index is -0.471. The molecule has 0 aromatic heterocycles. The van der Waals surface area contributed by atoms with Crippen LogP contribution in [0.15, 0.2) is 24.3 Å². The van der Waals surface area contributed by atoms with E-state index in [4.69, 9.17) is 29.2 Å². The Bertz CT molecular complexity index is 568. The van der Waals surface area contributed by atoms with E-state index in [1.807, 2.05) is 13.8 Å². The highest BCUT2D eigenvalue weighted by atomic mass is 16.5. The van der Waals surface area contributed by atoms with Crippen LogP contribution < -0.4 is 0 Å². The van der Waals surface area contributed by atoms with Crippen molar-refractivity contribution < 1.29 is 38.7 Å². The van der Waals surface area contributed by atoms with Crippen molar-refractivity contribution in [1.82, 2.24) is 0 Å². The van der Waals surface area contributed by atoms with Gasteiger partial charge in [0, 0.05) is 0 Å². The fraction of sp³-hybridized carbons (Fsp3) is 0.714. The molecular formula is C28H50O8. The predicted molar refractivity (Wildman–Crippen MR) is 142 cm³/mol. The van der Waals surface area contributed by atoms with Crippen LogP contribution in [0.4, 0.5) is 0 Å². The molecule has 36 heavy (non-hydrogen) atoms. The molecule has 0 saturated heterocycles. The van der Waals surface area contributed by atoms with Gasteiger partial charge in [-0.2, -0.15) is 0 Å². The summed E-state index contributed by atoms with van der Waals surface area (Å²) in [5, 5.41) is 16.5.